The highest BCUT2D eigenvalue weighted by Gasteiger charge is 2.36. The number of carbonyl (C=O) groups excluding carboxylic acids is 2. The van der Waals surface area contributed by atoms with Crippen LogP contribution in [0.1, 0.15) is 29.8 Å². The number of amides is 3. The molecule has 3 amide bonds. The lowest BCUT2D eigenvalue weighted by molar-refractivity contribution is 0.0389. The Kier molecular flexibility index (Phi) is 9.09. The topological polar surface area (TPSA) is 138 Å². The third-order valence-electron chi connectivity index (χ3n) is 8.79. The van der Waals surface area contributed by atoms with Crippen LogP contribution in [0.25, 0.3) is 10.8 Å². The van der Waals surface area contributed by atoms with Crippen LogP contribution in [-0.2, 0) is 16.4 Å². The highest BCUT2D eigenvalue weighted by molar-refractivity contribution is 7.89. The van der Waals surface area contributed by atoms with E-state index in [1.54, 1.807) is 54.3 Å². The Morgan fingerprint density at radius 3 is 2.57 bits per heavy atom. The standard InChI is InChI=1S/C35H38N4O7S/c1-22-19-39(23(2)21-40)34(41)28-11-7-13-30(37-35(42)36-29-12-6-9-24-8-4-5-10-27(24)29)33(28)46-32(22)20-38(3)47(43,44)26-15-14-25-16-17-45-31(25)18-26/h4-15,18,22-23,32,40H,16-17,19-21H2,1-3H3,(H2,36,37,42)/t22?,23-,32-/m0/s1. The first kappa shape index (κ1) is 32.3. The number of rotatable bonds is 8. The highest BCUT2D eigenvalue weighted by atomic mass is 32.2. The Bertz CT molecular complexity index is 1930. The molecule has 0 spiro atoms. The Morgan fingerprint density at radius 2 is 1.77 bits per heavy atom. The summed E-state index contributed by atoms with van der Waals surface area (Å²) in [5.41, 5.74) is 2.00. The number of benzene rings is 4. The molecule has 0 aliphatic carbocycles. The number of nitrogens with one attached hydrogen (secondary N) is 2. The van der Waals surface area contributed by atoms with Crippen LogP contribution in [0, 0.1) is 5.92 Å². The number of urea groups is 1. The lowest BCUT2D eigenvalue weighted by atomic mass is 9.99. The van der Waals surface area contributed by atoms with Gasteiger partial charge in [0.1, 0.15) is 11.9 Å². The average Bonchev–Trinajstić information content (AvgIpc) is 3.54. The zero-order chi connectivity index (χ0) is 33.3. The molecule has 0 radical (unpaired) electrons. The normalized spacial score (nSPS) is 18.4. The van der Waals surface area contributed by atoms with E-state index in [4.69, 9.17) is 9.47 Å². The van der Waals surface area contributed by atoms with Gasteiger partial charge in [-0.1, -0.05) is 55.5 Å². The molecule has 12 heteroatoms. The maximum atomic E-state index is 13.9. The maximum absolute atomic E-state index is 13.9. The molecule has 0 bridgehead atoms. The van der Waals surface area contributed by atoms with Crippen molar-refractivity contribution in [3.8, 4) is 11.5 Å². The smallest absolute Gasteiger partial charge is 0.323 e. The summed E-state index contributed by atoms with van der Waals surface area (Å²) in [5, 5.41) is 17.6. The molecule has 0 saturated heterocycles. The number of likely N-dealkylation sites (N-methyl/N-ethyl adjacent to an activating group) is 1. The summed E-state index contributed by atoms with van der Waals surface area (Å²) in [6, 6.07) is 22.0. The zero-order valence-corrected chi connectivity index (χ0v) is 27.3. The fourth-order valence-electron chi connectivity index (χ4n) is 6.01. The molecule has 3 atom stereocenters. The molecule has 2 heterocycles. The first-order chi connectivity index (χ1) is 22.6. The van der Waals surface area contributed by atoms with Crippen LogP contribution in [0.5, 0.6) is 11.5 Å². The molecule has 4 aromatic rings. The number of hydrogen-bond acceptors (Lipinski definition) is 7. The van der Waals surface area contributed by atoms with Gasteiger partial charge in [0.05, 0.1) is 47.6 Å². The quantitative estimate of drug-likeness (QED) is 0.243. The van der Waals surface area contributed by atoms with Crippen molar-refractivity contribution in [2.75, 3.05) is 44.0 Å². The van der Waals surface area contributed by atoms with Crippen LogP contribution in [0.2, 0.25) is 0 Å². The van der Waals surface area contributed by atoms with E-state index in [-0.39, 0.29) is 53.4 Å². The van der Waals surface area contributed by atoms with Gasteiger partial charge in [0.25, 0.3) is 5.91 Å². The highest BCUT2D eigenvalue weighted by Crippen LogP contribution is 2.36. The fraction of sp³-hybridized carbons (Fsp3) is 0.314. The van der Waals surface area contributed by atoms with E-state index in [0.717, 1.165) is 22.8 Å². The van der Waals surface area contributed by atoms with E-state index in [2.05, 4.69) is 10.6 Å². The minimum atomic E-state index is -3.94. The van der Waals surface area contributed by atoms with Crippen LogP contribution >= 0.6 is 0 Å². The van der Waals surface area contributed by atoms with E-state index >= 15 is 0 Å². The van der Waals surface area contributed by atoms with E-state index < -0.39 is 28.2 Å². The number of hydrogen-bond donors (Lipinski definition) is 3. The van der Waals surface area contributed by atoms with E-state index in [1.165, 1.54) is 11.4 Å². The molecular weight excluding hydrogens is 620 g/mol. The number of ether oxygens (including phenoxy) is 2. The van der Waals surface area contributed by atoms with Gasteiger partial charge in [0.2, 0.25) is 10.0 Å². The number of nitrogens with zero attached hydrogens (tertiary/aromatic N) is 2. The van der Waals surface area contributed by atoms with Crippen molar-refractivity contribution < 1.29 is 32.6 Å². The van der Waals surface area contributed by atoms with Crippen molar-refractivity contribution in [1.82, 2.24) is 9.21 Å². The predicted octanol–water partition coefficient (Wildman–Crippen LogP) is 4.96. The van der Waals surface area contributed by atoms with Gasteiger partial charge < -0.3 is 30.1 Å². The van der Waals surface area contributed by atoms with Gasteiger partial charge in [0.15, 0.2) is 5.75 Å². The summed E-state index contributed by atoms with van der Waals surface area (Å²) in [5.74, 6) is -0.0497. The second-order valence-corrected chi connectivity index (χ2v) is 14.1. The van der Waals surface area contributed by atoms with Gasteiger partial charge in [-0.2, -0.15) is 4.31 Å². The fourth-order valence-corrected chi connectivity index (χ4v) is 7.21. The molecule has 246 valence electrons. The largest absolute Gasteiger partial charge is 0.493 e. The molecular formula is C35H38N4O7S. The van der Waals surface area contributed by atoms with Crippen molar-refractivity contribution in [3.63, 3.8) is 0 Å². The van der Waals surface area contributed by atoms with Gasteiger partial charge in [0, 0.05) is 37.4 Å². The lowest BCUT2D eigenvalue weighted by Gasteiger charge is -2.38. The molecule has 2 aliphatic rings. The third kappa shape index (κ3) is 6.49. The number of carbonyl (C=O) groups is 2. The van der Waals surface area contributed by atoms with E-state index in [9.17, 15) is 23.1 Å². The first-order valence-corrected chi connectivity index (χ1v) is 17.0. The molecule has 3 N–H and O–H groups in total. The Labute approximate surface area is 274 Å². The molecule has 2 aliphatic heterocycles. The maximum Gasteiger partial charge on any atom is 0.323 e. The number of sulfonamides is 1. The number of para-hydroxylation sites is 1. The molecule has 47 heavy (non-hydrogen) atoms. The van der Waals surface area contributed by atoms with Crippen molar-refractivity contribution in [2.24, 2.45) is 5.92 Å². The summed E-state index contributed by atoms with van der Waals surface area (Å²) in [7, 11) is -2.45. The van der Waals surface area contributed by atoms with Crippen LogP contribution < -0.4 is 20.1 Å². The summed E-state index contributed by atoms with van der Waals surface area (Å²) >= 11 is 0. The third-order valence-corrected chi connectivity index (χ3v) is 10.6. The van der Waals surface area contributed by atoms with Crippen molar-refractivity contribution in [2.45, 2.75) is 37.3 Å². The summed E-state index contributed by atoms with van der Waals surface area (Å²) in [6.07, 6.45) is 0.000603. The zero-order valence-electron chi connectivity index (χ0n) is 26.5. The van der Waals surface area contributed by atoms with Gasteiger partial charge in [-0.05, 0) is 42.1 Å². The number of anilines is 2. The minimum Gasteiger partial charge on any atom is -0.493 e. The monoisotopic (exact) mass is 658 g/mol. The Morgan fingerprint density at radius 1 is 1.04 bits per heavy atom. The second-order valence-electron chi connectivity index (χ2n) is 12.1. The summed E-state index contributed by atoms with van der Waals surface area (Å²) < 4.78 is 40.8. The van der Waals surface area contributed by atoms with Gasteiger partial charge >= 0.3 is 6.03 Å². The predicted molar refractivity (Wildman–Crippen MR) is 180 cm³/mol. The molecule has 6 rings (SSSR count). The molecule has 1 unspecified atom stereocenters. The summed E-state index contributed by atoms with van der Waals surface area (Å²) in [6.45, 7) is 4.02. The molecule has 11 nitrogen and oxygen atoms in total. The summed E-state index contributed by atoms with van der Waals surface area (Å²) in [4.78, 5) is 28.9. The lowest BCUT2D eigenvalue weighted by Crippen LogP contribution is -2.50. The van der Waals surface area contributed by atoms with Crippen LogP contribution in [-0.4, -0.2) is 80.2 Å². The molecule has 0 saturated carbocycles. The average molecular weight is 659 g/mol. The Hall–Kier alpha value is -4.65. The molecule has 0 fully saturated rings. The number of fused-ring (bicyclic) bond motifs is 3. The van der Waals surface area contributed by atoms with Crippen molar-refractivity contribution in [3.05, 3.63) is 90.0 Å². The second kappa shape index (κ2) is 13.2. The van der Waals surface area contributed by atoms with E-state index in [0.29, 0.717) is 18.0 Å². The van der Waals surface area contributed by atoms with Crippen LogP contribution in [0.4, 0.5) is 16.2 Å². The van der Waals surface area contributed by atoms with Crippen molar-refractivity contribution in [1.29, 1.82) is 0 Å². The number of aliphatic hydroxyl groups excluding tert-OH is 1. The SMILES string of the molecule is CC1CN([C@@H](C)CO)C(=O)c2cccc(NC(=O)Nc3cccc4ccccc34)c2O[C@H]1CN(C)S(=O)(=O)c1ccc2c(c1)OCC2. The van der Waals surface area contributed by atoms with Crippen molar-refractivity contribution >= 4 is 44.1 Å². The van der Waals surface area contributed by atoms with Gasteiger partial charge in [-0.3, -0.25) is 4.79 Å². The van der Waals surface area contributed by atoms with Crippen LogP contribution in [0.15, 0.2) is 83.8 Å². The van der Waals surface area contributed by atoms with E-state index in [1.807, 2.05) is 43.3 Å². The number of aliphatic hydroxyl groups is 1. The van der Waals surface area contributed by atoms with Gasteiger partial charge in [-0.25, -0.2) is 13.2 Å². The molecule has 4 aromatic carbocycles. The van der Waals surface area contributed by atoms with Crippen LogP contribution in [0.3, 0.4) is 0 Å². The van der Waals surface area contributed by atoms with Gasteiger partial charge in [-0.15, -0.1) is 0 Å². The Balaban J connectivity index is 1.31. The minimum absolute atomic E-state index is 0.0487. The molecule has 0 aromatic heterocycles. The first-order valence-electron chi connectivity index (χ1n) is 15.6.